The first-order chi connectivity index (χ1) is 23.3. The molecule has 4 unspecified atom stereocenters. The highest BCUT2D eigenvalue weighted by atomic mass is 16.5. The van der Waals surface area contributed by atoms with Gasteiger partial charge in [-0.05, 0) is 74.2 Å². The van der Waals surface area contributed by atoms with Crippen LogP contribution in [0.1, 0.15) is 27.7 Å². The molecule has 5 aromatic carbocycles. The number of hydrogen-bond acceptors (Lipinski definition) is 2. The van der Waals surface area contributed by atoms with Crippen LogP contribution in [-0.2, 0) is 11.1 Å². The summed E-state index contributed by atoms with van der Waals surface area (Å²) in [6.45, 7) is 9.73. The molecular formula is C44H35N3O. The molecule has 4 atom stereocenters. The van der Waals surface area contributed by atoms with Crippen LogP contribution in [0.2, 0.25) is 0 Å². The Morgan fingerprint density at radius 1 is 0.521 bits per heavy atom. The van der Waals surface area contributed by atoms with E-state index in [1.165, 1.54) is 54.8 Å². The van der Waals surface area contributed by atoms with Gasteiger partial charge in [-0.1, -0.05) is 104 Å². The molecule has 0 bridgehead atoms. The Bertz CT molecular complexity index is 2530. The average molecular weight is 622 g/mol. The largest absolute Gasteiger partial charge is 0.453 e. The normalized spacial score (nSPS) is 26.7. The molecule has 0 saturated heterocycles. The fourth-order valence-electron chi connectivity index (χ4n) is 10.2. The number of benzene rings is 5. The Morgan fingerprint density at radius 2 is 1.00 bits per heavy atom. The van der Waals surface area contributed by atoms with Gasteiger partial charge in [-0.25, -0.2) is 0 Å². The number of anilines is 2. The van der Waals surface area contributed by atoms with Crippen molar-refractivity contribution in [1.29, 1.82) is 0 Å². The minimum Gasteiger partial charge on any atom is -0.453 e. The molecular weight excluding hydrogens is 587 g/mol. The number of nitrogens with zero attached hydrogens (tertiary/aromatic N) is 3. The second kappa shape index (κ2) is 8.51. The van der Waals surface area contributed by atoms with Gasteiger partial charge in [0.15, 0.2) is 11.5 Å². The summed E-state index contributed by atoms with van der Waals surface area (Å²) in [4.78, 5) is 2.54. The van der Waals surface area contributed by atoms with Crippen molar-refractivity contribution in [3.05, 3.63) is 145 Å². The van der Waals surface area contributed by atoms with Gasteiger partial charge >= 0.3 is 0 Å². The zero-order valence-corrected chi connectivity index (χ0v) is 27.5. The van der Waals surface area contributed by atoms with E-state index in [1.807, 2.05) is 0 Å². The average Bonchev–Trinajstić information content (AvgIpc) is 3.62. The Balaban J connectivity index is 1.34. The van der Waals surface area contributed by atoms with Gasteiger partial charge in [0, 0.05) is 21.5 Å². The number of fused-ring (bicyclic) bond motifs is 10. The molecule has 0 amide bonds. The number of ether oxygens (including phenoxy) is 1. The lowest BCUT2D eigenvalue weighted by Crippen LogP contribution is -2.55. The predicted octanol–water partition coefficient (Wildman–Crippen LogP) is 11.1. The molecule has 4 heterocycles. The lowest BCUT2D eigenvalue weighted by molar-refractivity contribution is 0.351. The topological polar surface area (TPSA) is 22.3 Å². The van der Waals surface area contributed by atoms with E-state index in [9.17, 15) is 0 Å². The maximum absolute atomic E-state index is 6.53. The van der Waals surface area contributed by atoms with Gasteiger partial charge < -0.3 is 18.8 Å². The molecule has 0 fully saturated rings. The fraction of sp³-hybridized carbons (Fsp3) is 0.182. The van der Waals surface area contributed by atoms with Gasteiger partial charge in [0.1, 0.15) is 0 Å². The van der Waals surface area contributed by atoms with Gasteiger partial charge in [0.25, 0.3) is 0 Å². The molecule has 11 rings (SSSR count). The number of para-hydroxylation sites is 6. The quantitative estimate of drug-likeness (QED) is 0.170. The van der Waals surface area contributed by atoms with E-state index >= 15 is 0 Å². The Hall–Kier alpha value is -5.48. The first-order valence-corrected chi connectivity index (χ1v) is 17.1. The number of aromatic nitrogens is 2. The number of allylic oxidation sites excluding steroid dienone is 4. The Kier molecular flexibility index (Phi) is 4.71. The summed E-state index contributed by atoms with van der Waals surface area (Å²) >= 11 is 0. The third-order valence-electron chi connectivity index (χ3n) is 12.0. The Labute approximate surface area is 279 Å². The van der Waals surface area contributed by atoms with Crippen molar-refractivity contribution >= 4 is 55.0 Å². The van der Waals surface area contributed by atoms with Gasteiger partial charge in [-0.15, -0.1) is 0 Å². The predicted molar refractivity (Wildman–Crippen MR) is 198 cm³/mol. The third kappa shape index (κ3) is 2.87. The number of rotatable bonds is 1. The fourth-order valence-corrected chi connectivity index (χ4v) is 10.2. The highest BCUT2D eigenvalue weighted by molar-refractivity contribution is 6.23. The van der Waals surface area contributed by atoms with Crippen LogP contribution >= 0.6 is 0 Å². The van der Waals surface area contributed by atoms with E-state index in [0.29, 0.717) is 0 Å². The van der Waals surface area contributed by atoms with Gasteiger partial charge in [-0.2, -0.15) is 0 Å². The van der Waals surface area contributed by atoms with E-state index < -0.39 is 16.6 Å². The molecule has 48 heavy (non-hydrogen) atoms. The van der Waals surface area contributed by atoms with Crippen LogP contribution in [0.3, 0.4) is 0 Å². The van der Waals surface area contributed by atoms with Crippen molar-refractivity contribution in [3.8, 4) is 11.5 Å². The van der Waals surface area contributed by atoms with Crippen molar-refractivity contribution in [2.45, 2.75) is 44.3 Å². The summed E-state index contributed by atoms with van der Waals surface area (Å²) < 4.78 is 11.9. The highest BCUT2D eigenvalue weighted by Crippen LogP contribution is 2.61. The molecule has 4 heteroatoms. The van der Waals surface area contributed by atoms with Crippen LogP contribution < -0.4 is 9.64 Å². The molecule has 0 radical (unpaired) electrons. The molecule has 0 saturated carbocycles. The molecule has 2 aromatic heterocycles. The van der Waals surface area contributed by atoms with Gasteiger partial charge in [0.2, 0.25) is 0 Å². The van der Waals surface area contributed by atoms with Gasteiger partial charge in [-0.3, -0.25) is 0 Å². The zero-order chi connectivity index (χ0) is 32.2. The van der Waals surface area contributed by atoms with Crippen molar-refractivity contribution in [2.24, 2.45) is 5.92 Å². The molecule has 0 N–H and O–H groups in total. The van der Waals surface area contributed by atoms with Crippen LogP contribution in [0, 0.1) is 5.92 Å². The SMILES string of the molecule is CC1C=CC2(C)C3=C1C(C)(N1c4ccccc4Oc4ccccc41)C=CC3(C)n1c3ccccc3c3ccc4c5ccccc5n2c4c31. The second-order valence-electron chi connectivity index (χ2n) is 14.6. The van der Waals surface area contributed by atoms with Crippen LogP contribution in [-0.4, -0.2) is 14.7 Å². The maximum Gasteiger partial charge on any atom is 0.151 e. The summed E-state index contributed by atoms with van der Waals surface area (Å²) in [6.07, 6.45) is 10.00. The van der Waals surface area contributed by atoms with E-state index in [2.05, 4.69) is 175 Å². The monoisotopic (exact) mass is 621 g/mol. The summed E-state index contributed by atoms with van der Waals surface area (Å²) in [5.74, 6) is 1.97. The summed E-state index contributed by atoms with van der Waals surface area (Å²) in [6, 6.07) is 39.7. The van der Waals surface area contributed by atoms with Crippen molar-refractivity contribution in [3.63, 3.8) is 0 Å². The standard InChI is InChI=1S/C44H35N3O/c1-27-23-24-43(3)41-38(27)42(2,45-34-17-9-11-19-36(34)48-37-20-12-10-18-35(37)45)25-26-44(41,4)47-33-16-8-6-14-29(33)31-22-21-30-28-13-5-7-15-32(28)46(43)39(30)40(31)47/h5-27H,1-4H3. The maximum atomic E-state index is 6.53. The summed E-state index contributed by atoms with van der Waals surface area (Å²) in [5, 5.41) is 5.22. The zero-order valence-electron chi connectivity index (χ0n) is 27.5. The minimum absolute atomic E-state index is 0.195. The van der Waals surface area contributed by atoms with Crippen molar-refractivity contribution in [1.82, 2.24) is 9.13 Å². The first-order valence-electron chi connectivity index (χ1n) is 17.1. The van der Waals surface area contributed by atoms with E-state index in [4.69, 9.17) is 4.74 Å². The molecule has 0 spiro atoms. The van der Waals surface area contributed by atoms with Crippen LogP contribution in [0.5, 0.6) is 11.5 Å². The van der Waals surface area contributed by atoms with Crippen LogP contribution in [0.15, 0.2) is 145 Å². The molecule has 4 nitrogen and oxygen atoms in total. The second-order valence-corrected chi connectivity index (χ2v) is 14.6. The highest BCUT2D eigenvalue weighted by Gasteiger charge is 2.56. The first kappa shape index (κ1) is 26.6. The van der Waals surface area contributed by atoms with E-state index in [-0.39, 0.29) is 5.92 Å². The Morgan fingerprint density at radius 3 is 1.58 bits per heavy atom. The summed E-state index contributed by atoms with van der Waals surface area (Å²) in [5.41, 5.74) is 8.85. The van der Waals surface area contributed by atoms with E-state index in [0.717, 1.165) is 22.9 Å². The smallest absolute Gasteiger partial charge is 0.151 e. The lowest BCUT2D eigenvalue weighted by Gasteiger charge is -2.55. The van der Waals surface area contributed by atoms with Crippen molar-refractivity contribution < 1.29 is 4.74 Å². The van der Waals surface area contributed by atoms with Crippen LogP contribution in [0.25, 0.3) is 43.6 Å². The van der Waals surface area contributed by atoms with Gasteiger partial charge in [0.05, 0.1) is 50.1 Å². The molecule has 2 aliphatic heterocycles. The molecule has 7 aromatic rings. The molecule has 4 aliphatic rings. The minimum atomic E-state index is -0.489. The van der Waals surface area contributed by atoms with Crippen LogP contribution in [0.4, 0.5) is 11.4 Å². The third-order valence-corrected chi connectivity index (χ3v) is 12.0. The molecule has 2 aliphatic carbocycles. The lowest BCUT2D eigenvalue weighted by atomic mass is 9.61. The molecule has 232 valence electrons. The summed E-state index contributed by atoms with van der Waals surface area (Å²) in [7, 11) is 0. The van der Waals surface area contributed by atoms with Crippen molar-refractivity contribution in [2.75, 3.05) is 4.90 Å². The number of hydrogen-bond donors (Lipinski definition) is 0. The van der Waals surface area contributed by atoms with E-state index in [1.54, 1.807) is 0 Å².